The van der Waals surface area contributed by atoms with Crippen molar-refractivity contribution in [1.29, 1.82) is 0 Å². The molecular formula is C30H38Cl2FN3O2. The molecule has 0 aromatic heterocycles. The molecule has 2 aromatic carbocycles. The normalized spacial score (nSPS) is 24.8. The summed E-state index contributed by atoms with van der Waals surface area (Å²) in [4.78, 5) is 30.3. The molecule has 1 saturated heterocycles. The minimum Gasteiger partial charge on any atom is -0.325 e. The van der Waals surface area contributed by atoms with Gasteiger partial charge in [0.25, 0.3) is 0 Å². The number of carbonyl (C=O) groups excluding carboxylic acids is 2. The molecular weight excluding hydrogens is 524 g/mol. The summed E-state index contributed by atoms with van der Waals surface area (Å²) in [5.41, 5.74) is 0.235. The molecule has 2 aliphatic rings. The van der Waals surface area contributed by atoms with E-state index in [9.17, 15) is 9.59 Å². The lowest BCUT2D eigenvalue weighted by atomic mass is 9.62. The second-order valence-corrected chi connectivity index (χ2v) is 12.5. The van der Waals surface area contributed by atoms with Gasteiger partial charge in [0.05, 0.1) is 11.1 Å². The summed E-state index contributed by atoms with van der Waals surface area (Å²) in [5, 5.41) is 7.04. The van der Waals surface area contributed by atoms with E-state index in [2.05, 4.69) is 50.2 Å². The van der Waals surface area contributed by atoms with E-state index in [1.54, 1.807) is 24.3 Å². The third-order valence-corrected chi connectivity index (χ3v) is 8.60. The van der Waals surface area contributed by atoms with Crippen LogP contribution in [-0.4, -0.2) is 48.3 Å². The van der Waals surface area contributed by atoms with Crippen LogP contribution >= 0.6 is 23.2 Å². The molecule has 38 heavy (non-hydrogen) atoms. The van der Waals surface area contributed by atoms with Gasteiger partial charge in [0.15, 0.2) is 0 Å². The molecule has 1 fully saturated rings. The van der Waals surface area contributed by atoms with Gasteiger partial charge in [0.2, 0.25) is 5.91 Å². The standard InChI is InChI=1S/C30H38Cl2FN3O2/c1-6-36(7-2)15-9-12-23(37)27-25(19-10-8-11-21(32)26(19)33)30(24(35-27)17-29(3,4)5)20-14-13-18(31)16-22(20)34-28(30)38/h8,10-11,13-14,16,24-25,27,35H,6-7,9,12,15,17H2,1-5H3,(H,34,38)/t24-,25+,27+,30+/m1/s1. The van der Waals surface area contributed by atoms with Crippen LogP contribution in [0, 0.1) is 11.2 Å². The van der Waals surface area contributed by atoms with Gasteiger partial charge in [0.1, 0.15) is 17.0 Å². The Morgan fingerprint density at radius 3 is 2.50 bits per heavy atom. The molecule has 1 spiro atoms. The number of rotatable bonds is 9. The molecule has 4 rings (SSSR count). The number of halogens is 3. The summed E-state index contributed by atoms with van der Waals surface area (Å²) in [6, 6.07) is 8.99. The monoisotopic (exact) mass is 561 g/mol. The Balaban J connectivity index is 1.87. The van der Waals surface area contributed by atoms with Gasteiger partial charge in [-0.05, 0) is 67.2 Å². The van der Waals surface area contributed by atoms with E-state index in [0.29, 0.717) is 30.0 Å². The lowest BCUT2D eigenvalue weighted by Crippen LogP contribution is -2.49. The van der Waals surface area contributed by atoms with Gasteiger partial charge in [-0.25, -0.2) is 4.39 Å². The highest BCUT2D eigenvalue weighted by molar-refractivity contribution is 6.31. The van der Waals surface area contributed by atoms with E-state index in [1.165, 1.54) is 6.07 Å². The predicted octanol–water partition coefficient (Wildman–Crippen LogP) is 6.57. The Hall–Kier alpha value is -1.99. The number of anilines is 1. The lowest BCUT2D eigenvalue weighted by molar-refractivity contribution is -0.122. The fourth-order valence-corrected chi connectivity index (χ4v) is 6.73. The molecule has 0 saturated carbocycles. The van der Waals surface area contributed by atoms with Crippen LogP contribution in [0.1, 0.15) is 70.9 Å². The van der Waals surface area contributed by atoms with E-state index in [1.807, 2.05) is 6.07 Å². The molecule has 8 heteroatoms. The van der Waals surface area contributed by atoms with Crippen molar-refractivity contribution >= 4 is 40.6 Å². The summed E-state index contributed by atoms with van der Waals surface area (Å²) < 4.78 is 15.8. The second kappa shape index (κ2) is 11.2. The van der Waals surface area contributed by atoms with Crippen molar-refractivity contribution in [3.63, 3.8) is 0 Å². The molecule has 2 aliphatic heterocycles. The summed E-state index contributed by atoms with van der Waals surface area (Å²) in [6.45, 7) is 13.2. The van der Waals surface area contributed by atoms with Gasteiger partial charge in [-0.15, -0.1) is 0 Å². The van der Waals surface area contributed by atoms with Crippen molar-refractivity contribution in [1.82, 2.24) is 10.2 Å². The molecule has 0 bridgehead atoms. The molecule has 5 nitrogen and oxygen atoms in total. The summed E-state index contributed by atoms with van der Waals surface area (Å²) in [6.07, 6.45) is 1.63. The fraction of sp³-hybridized carbons (Fsp3) is 0.533. The zero-order valence-corrected chi connectivity index (χ0v) is 24.3. The SMILES string of the molecule is CCN(CC)CCCC(=O)[C@@H]1N[C@H](CC(C)(C)C)[C@]2(C(=O)Nc3cc(Cl)ccc32)[C@H]1c1cccc(Cl)c1F. The van der Waals surface area contributed by atoms with Crippen molar-refractivity contribution < 1.29 is 14.0 Å². The van der Waals surface area contributed by atoms with Crippen molar-refractivity contribution in [3.8, 4) is 0 Å². The van der Waals surface area contributed by atoms with E-state index in [4.69, 9.17) is 23.2 Å². The number of Topliss-reactive ketones (excluding diaryl/α,β-unsaturated/α-hetero) is 1. The van der Waals surface area contributed by atoms with Crippen molar-refractivity contribution in [2.24, 2.45) is 5.41 Å². The van der Waals surface area contributed by atoms with E-state index >= 15 is 4.39 Å². The van der Waals surface area contributed by atoms with Gasteiger partial charge in [0, 0.05) is 29.1 Å². The average Bonchev–Trinajstić information content (AvgIpc) is 3.32. The molecule has 0 radical (unpaired) electrons. The van der Waals surface area contributed by atoms with Crippen molar-refractivity contribution in [2.75, 3.05) is 25.0 Å². The Morgan fingerprint density at radius 2 is 1.84 bits per heavy atom. The third kappa shape index (κ3) is 5.25. The minimum absolute atomic E-state index is 0.0208. The number of nitrogens with zero attached hydrogens (tertiary/aromatic N) is 1. The van der Waals surface area contributed by atoms with Crippen LogP contribution in [0.4, 0.5) is 10.1 Å². The highest BCUT2D eigenvalue weighted by Crippen LogP contribution is 2.57. The first kappa shape index (κ1) is 29.0. The zero-order chi connectivity index (χ0) is 27.8. The largest absolute Gasteiger partial charge is 0.325 e. The van der Waals surface area contributed by atoms with E-state index in [0.717, 1.165) is 25.2 Å². The maximum atomic E-state index is 15.8. The van der Waals surface area contributed by atoms with Gasteiger partial charge in [-0.1, -0.05) is 76.0 Å². The van der Waals surface area contributed by atoms with Crippen LogP contribution in [0.15, 0.2) is 36.4 Å². The van der Waals surface area contributed by atoms with Gasteiger partial charge in [-0.2, -0.15) is 0 Å². The molecule has 2 aromatic rings. The Kier molecular flexibility index (Phi) is 8.58. The van der Waals surface area contributed by atoms with Crippen molar-refractivity contribution in [2.45, 2.75) is 77.3 Å². The first-order valence-electron chi connectivity index (χ1n) is 13.5. The Morgan fingerprint density at radius 1 is 1.13 bits per heavy atom. The van der Waals surface area contributed by atoms with Crippen LogP contribution in [0.25, 0.3) is 0 Å². The highest BCUT2D eigenvalue weighted by Gasteiger charge is 2.65. The number of ketones is 1. The van der Waals surface area contributed by atoms with Crippen LogP contribution in [-0.2, 0) is 15.0 Å². The first-order valence-corrected chi connectivity index (χ1v) is 14.3. The van der Waals surface area contributed by atoms with Gasteiger partial charge in [-0.3, -0.25) is 9.59 Å². The van der Waals surface area contributed by atoms with Gasteiger partial charge < -0.3 is 15.5 Å². The quantitative estimate of drug-likeness (QED) is 0.363. The third-order valence-electron chi connectivity index (χ3n) is 8.08. The molecule has 1 amide bonds. The number of amides is 1. The predicted molar refractivity (Wildman–Crippen MR) is 153 cm³/mol. The smallest absolute Gasteiger partial charge is 0.237 e. The number of hydrogen-bond acceptors (Lipinski definition) is 4. The maximum Gasteiger partial charge on any atom is 0.237 e. The average molecular weight is 563 g/mol. The Labute approximate surface area is 235 Å². The highest BCUT2D eigenvalue weighted by atomic mass is 35.5. The van der Waals surface area contributed by atoms with Crippen LogP contribution in [0.2, 0.25) is 10.0 Å². The number of fused-ring (bicyclic) bond motifs is 2. The molecule has 2 heterocycles. The van der Waals surface area contributed by atoms with Crippen LogP contribution in [0.5, 0.6) is 0 Å². The molecule has 2 N–H and O–H groups in total. The summed E-state index contributed by atoms with van der Waals surface area (Å²) in [5.74, 6) is -1.64. The summed E-state index contributed by atoms with van der Waals surface area (Å²) in [7, 11) is 0. The van der Waals surface area contributed by atoms with Crippen molar-refractivity contribution in [3.05, 3.63) is 63.4 Å². The number of benzene rings is 2. The van der Waals surface area contributed by atoms with E-state index < -0.39 is 29.2 Å². The summed E-state index contributed by atoms with van der Waals surface area (Å²) >= 11 is 12.6. The number of carbonyl (C=O) groups is 2. The zero-order valence-electron chi connectivity index (χ0n) is 22.8. The topological polar surface area (TPSA) is 61.4 Å². The van der Waals surface area contributed by atoms with Gasteiger partial charge >= 0.3 is 0 Å². The molecule has 0 aliphatic carbocycles. The maximum absolute atomic E-state index is 15.8. The second-order valence-electron chi connectivity index (χ2n) is 11.7. The van der Waals surface area contributed by atoms with Crippen LogP contribution < -0.4 is 10.6 Å². The number of hydrogen-bond donors (Lipinski definition) is 2. The number of nitrogens with one attached hydrogen (secondary N) is 2. The minimum atomic E-state index is -1.21. The molecule has 4 atom stereocenters. The fourth-order valence-electron chi connectivity index (χ4n) is 6.38. The van der Waals surface area contributed by atoms with E-state index in [-0.39, 0.29) is 27.7 Å². The lowest BCUT2D eigenvalue weighted by Gasteiger charge is -2.37. The first-order chi connectivity index (χ1) is 17.9. The van der Waals surface area contributed by atoms with Crippen LogP contribution in [0.3, 0.4) is 0 Å². The Bertz CT molecular complexity index is 1210. The molecule has 206 valence electrons. The molecule has 0 unspecified atom stereocenters.